The third-order valence-electron chi connectivity index (χ3n) is 2.58. The Kier molecular flexibility index (Phi) is 3.97. The number of pyridine rings is 1. The standard InChI is InChI=1S/C14H9ClFN3O/c1-8-4-11(15)10(7-18-8)14(20)19-13-3-2-9(6-17)5-12(13)16/h2-5,7H,1H3,(H,19,20). The lowest BCUT2D eigenvalue weighted by atomic mass is 10.2. The Balaban J connectivity index is 2.26. The molecule has 2 rings (SSSR count). The Bertz CT molecular complexity index is 725. The van der Waals surface area contributed by atoms with Crippen molar-refractivity contribution in [2.24, 2.45) is 0 Å². The van der Waals surface area contributed by atoms with E-state index in [1.165, 1.54) is 18.3 Å². The van der Waals surface area contributed by atoms with Crippen molar-refractivity contribution in [3.8, 4) is 6.07 Å². The van der Waals surface area contributed by atoms with Gasteiger partial charge in [-0.05, 0) is 31.2 Å². The van der Waals surface area contributed by atoms with E-state index in [4.69, 9.17) is 16.9 Å². The summed E-state index contributed by atoms with van der Waals surface area (Å²) < 4.78 is 13.7. The van der Waals surface area contributed by atoms with Gasteiger partial charge in [0.1, 0.15) is 5.82 Å². The van der Waals surface area contributed by atoms with E-state index in [2.05, 4.69) is 10.3 Å². The molecule has 0 bridgehead atoms. The molecule has 1 heterocycles. The zero-order valence-corrected chi connectivity index (χ0v) is 11.2. The highest BCUT2D eigenvalue weighted by molar-refractivity contribution is 6.34. The number of aromatic nitrogens is 1. The first kappa shape index (κ1) is 14.0. The van der Waals surface area contributed by atoms with E-state index >= 15 is 0 Å². The van der Waals surface area contributed by atoms with Crippen LogP contribution in [0.15, 0.2) is 30.5 Å². The molecule has 1 aromatic heterocycles. The Morgan fingerprint density at radius 3 is 2.80 bits per heavy atom. The summed E-state index contributed by atoms with van der Waals surface area (Å²) in [5.41, 5.74) is 0.985. The first-order valence-corrected chi connectivity index (χ1v) is 6.02. The van der Waals surface area contributed by atoms with Crippen LogP contribution in [0.4, 0.5) is 10.1 Å². The van der Waals surface area contributed by atoms with Crippen LogP contribution in [0.1, 0.15) is 21.6 Å². The number of carbonyl (C=O) groups excluding carboxylic acids is 1. The van der Waals surface area contributed by atoms with Crippen LogP contribution in [0.25, 0.3) is 0 Å². The molecule has 1 aromatic carbocycles. The van der Waals surface area contributed by atoms with E-state index in [0.717, 1.165) is 6.07 Å². The van der Waals surface area contributed by atoms with Gasteiger partial charge in [0.05, 0.1) is 27.9 Å². The lowest BCUT2D eigenvalue weighted by molar-refractivity contribution is 0.102. The molecule has 0 aliphatic carbocycles. The highest BCUT2D eigenvalue weighted by Gasteiger charge is 2.13. The molecule has 0 radical (unpaired) electrons. The van der Waals surface area contributed by atoms with Crippen molar-refractivity contribution in [3.05, 3.63) is 58.1 Å². The Morgan fingerprint density at radius 1 is 1.45 bits per heavy atom. The van der Waals surface area contributed by atoms with Gasteiger partial charge in [0.2, 0.25) is 0 Å². The van der Waals surface area contributed by atoms with Crippen molar-refractivity contribution in [3.63, 3.8) is 0 Å². The number of hydrogen-bond donors (Lipinski definition) is 1. The fourth-order valence-corrected chi connectivity index (χ4v) is 1.86. The maximum absolute atomic E-state index is 13.7. The first-order chi connectivity index (χ1) is 9.51. The predicted molar refractivity (Wildman–Crippen MR) is 73.1 cm³/mol. The fourth-order valence-electron chi connectivity index (χ4n) is 1.57. The number of halogens is 2. The third kappa shape index (κ3) is 2.92. The van der Waals surface area contributed by atoms with E-state index in [-0.39, 0.29) is 21.8 Å². The average molecular weight is 290 g/mol. The lowest BCUT2D eigenvalue weighted by Gasteiger charge is -2.08. The zero-order chi connectivity index (χ0) is 14.7. The zero-order valence-electron chi connectivity index (χ0n) is 10.4. The summed E-state index contributed by atoms with van der Waals surface area (Å²) in [6.45, 7) is 1.74. The molecule has 0 saturated carbocycles. The number of benzene rings is 1. The normalized spacial score (nSPS) is 9.90. The summed E-state index contributed by atoms with van der Waals surface area (Å²) in [5, 5.41) is 11.3. The second-order valence-electron chi connectivity index (χ2n) is 4.07. The SMILES string of the molecule is Cc1cc(Cl)c(C(=O)Nc2ccc(C#N)cc2F)cn1. The molecule has 1 amide bonds. The van der Waals surface area contributed by atoms with Crippen molar-refractivity contribution in [2.45, 2.75) is 6.92 Å². The second-order valence-corrected chi connectivity index (χ2v) is 4.47. The molecule has 0 aliphatic heterocycles. The highest BCUT2D eigenvalue weighted by atomic mass is 35.5. The molecule has 4 nitrogen and oxygen atoms in total. The monoisotopic (exact) mass is 289 g/mol. The van der Waals surface area contributed by atoms with Crippen LogP contribution in [-0.2, 0) is 0 Å². The van der Waals surface area contributed by atoms with Gasteiger partial charge in [-0.1, -0.05) is 11.6 Å². The van der Waals surface area contributed by atoms with Crippen LogP contribution < -0.4 is 5.32 Å². The summed E-state index contributed by atoms with van der Waals surface area (Å²) >= 11 is 5.94. The summed E-state index contributed by atoms with van der Waals surface area (Å²) in [5.74, 6) is -1.25. The smallest absolute Gasteiger partial charge is 0.258 e. The van der Waals surface area contributed by atoms with Gasteiger partial charge in [-0.3, -0.25) is 9.78 Å². The van der Waals surface area contributed by atoms with E-state index in [1.807, 2.05) is 6.07 Å². The highest BCUT2D eigenvalue weighted by Crippen LogP contribution is 2.20. The Labute approximate surface area is 119 Å². The maximum atomic E-state index is 13.7. The number of nitriles is 1. The minimum absolute atomic E-state index is 0.0226. The molecule has 100 valence electrons. The van der Waals surface area contributed by atoms with E-state index in [1.54, 1.807) is 13.0 Å². The van der Waals surface area contributed by atoms with Gasteiger partial charge in [0.15, 0.2) is 0 Å². The van der Waals surface area contributed by atoms with Gasteiger partial charge in [-0.25, -0.2) is 4.39 Å². The van der Waals surface area contributed by atoms with Gasteiger partial charge < -0.3 is 5.32 Å². The molecule has 2 aromatic rings. The summed E-state index contributed by atoms with van der Waals surface area (Å²) in [4.78, 5) is 16.0. The molecule has 1 N–H and O–H groups in total. The van der Waals surface area contributed by atoms with Crippen molar-refractivity contribution in [2.75, 3.05) is 5.32 Å². The summed E-state index contributed by atoms with van der Waals surface area (Å²) in [6.07, 6.45) is 1.33. The molecule has 20 heavy (non-hydrogen) atoms. The molecular weight excluding hydrogens is 281 g/mol. The van der Waals surface area contributed by atoms with Gasteiger partial charge in [-0.15, -0.1) is 0 Å². The second kappa shape index (κ2) is 5.68. The van der Waals surface area contributed by atoms with Crippen LogP contribution in [0.3, 0.4) is 0 Å². The molecule has 0 saturated heterocycles. The maximum Gasteiger partial charge on any atom is 0.258 e. The minimum atomic E-state index is -0.686. The third-order valence-corrected chi connectivity index (χ3v) is 2.89. The number of nitrogens with zero attached hydrogens (tertiary/aromatic N) is 2. The van der Waals surface area contributed by atoms with Crippen molar-refractivity contribution in [1.82, 2.24) is 4.98 Å². The molecule has 0 atom stereocenters. The van der Waals surface area contributed by atoms with Gasteiger partial charge >= 0.3 is 0 Å². The molecule has 0 spiro atoms. The van der Waals surface area contributed by atoms with Gasteiger partial charge in [-0.2, -0.15) is 5.26 Å². The fraction of sp³-hybridized carbons (Fsp3) is 0.0714. The number of rotatable bonds is 2. The van der Waals surface area contributed by atoms with Crippen molar-refractivity contribution < 1.29 is 9.18 Å². The topological polar surface area (TPSA) is 65.8 Å². The van der Waals surface area contributed by atoms with Crippen LogP contribution >= 0.6 is 11.6 Å². The van der Waals surface area contributed by atoms with Crippen LogP contribution in [0.2, 0.25) is 5.02 Å². The van der Waals surface area contributed by atoms with E-state index < -0.39 is 11.7 Å². The lowest BCUT2D eigenvalue weighted by Crippen LogP contribution is -2.14. The number of nitrogens with one attached hydrogen (secondary N) is 1. The number of hydrogen-bond acceptors (Lipinski definition) is 3. The van der Waals surface area contributed by atoms with Crippen LogP contribution in [0, 0.1) is 24.1 Å². The summed E-state index contributed by atoms with van der Waals surface area (Å²) in [6, 6.07) is 7.14. The first-order valence-electron chi connectivity index (χ1n) is 5.64. The van der Waals surface area contributed by atoms with E-state index in [0.29, 0.717) is 5.69 Å². The summed E-state index contributed by atoms with van der Waals surface area (Å²) in [7, 11) is 0. The molecular formula is C14H9ClFN3O. The number of amides is 1. The van der Waals surface area contributed by atoms with Gasteiger partial charge in [0, 0.05) is 11.9 Å². The Hall–Kier alpha value is -2.45. The van der Waals surface area contributed by atoms with Crippen molar-refractivity contribution >= 4 is 23.2 Å². The quantitative estimate of drug-likeness (QED) is 0.922. The molecule has 6 heteroatoms. The Morgan fingerprint density at radius 2 is 2.20 bits per heavy atom. The molecule has 0 unspecified atom stereocenters. The van der Waals surface area contributed by atoms with Gasteiger partial charge in [0.25, 0.3) is 5.91 Å². The average Bonchev–Trinajstić information content (AvgIpc) is 2.40. The number of aryl methyl sites for hydroxylation is 1. The van der Waals surface area contributed by atoms with E-state index in [9.17, 15) is 9.18 Å². The predicted octanol–water partition coefficient (Wildman–Crippen LogP) is 3.31. The number of anilines is 1. The largest absolute Gasteiger partial charge is 0.319 e. The number of carbonyl (C=O) groups is 1. The molecule has 0 aliphatic rings. The van der Waals surface area contributed by atoms with Crippen LogP contribution in [0.5, 0.6) is 0 Å². The minimum Gasteiger partial charge on any atom is -0.319 e. The van der Waals surface area contributed by atoms with Crippen molar-refractivity contribution in [1.29, 1.82) is 5.26 Å². The van der Waals surface area contributed by atoms with Crippen LogP contribution in [-0.4, -0.2) is 10.9 Å². The molecule has 0 fully saturated rings.